The number of carbonyl (C=O) groups is 2. The van der Waals surface area contributed by atoms with E-state index in [4.69, 9.17) is 4.74 Å². The first-order valence-corrected chi connectivity index (χ1v) is 10.5. The van der Waals surface area contributed by atoms with Crippen LogP contribution in [-0.4, -0.2) is 28.6 Å². The summed E-state index contributed by atoms with van der Waals surface area (Å²) in [6, 6.07) is 14.8. The lowest BCUT2D eigenvalue weighted by atomic mass is 10.1. The smallest absolute Gasteiger partial charge is 0.319 e. The number of thiazole rings is 1. The van der Waals surface area contributed by atoms with E-state index in [1.54, 1.807) is 35.6 Å². The molecule has 3 rings (SSSR count). The Kier molecular flexibility index (Phi) is 6.45. The SMILES string of the molecule is CCC(Sc1nc2ccccc2s1)C(=O)OCC(=O)c1ccc(Br)cc1. The highest BCUT2D eigenvalue weighted by atomic mass is 79.9. The van der Waals surface area contributed by atoms with Crippen molar-refractivity contribution in [3.05, 3.63) is 58.6 Å². The van der Waals surface area contributed by atoms with Crippen LogP contribution < -0.4 is 0 Å². The normalized spacial score (nSPS) is 12.1. The first kappa shape index (κ1) is 19.1. The average Bonchev–Trinajstić information content (AvgIpc) is 3.07. The van der Waals surface area contributed by atoms with Crippen LogP contribution in [-0.2, 0) is 9.53 Å². The number of ketones is 1. The number of nitrogens with zero attached hydrogens (tertiary/aromatic N) is 1. The molecule has 2 aromatic carbocycles. The van der Waals surface area contributed by atoms with Crippen LogP contribution in [0.4, 0.5) is 0 Å². The molecule has 1 aromatic heterocycles. The second-order valence-electron chi connectivity index (χ2n) is 5.50. The maximum Gasteiger partial charge on any atom is 0.319 e. The number of ether oxygens (including phenoxy) is 1. The van der Waals surface area contributed by atoms with Crippen molar-refractivity contribution in [1.82, 2.24) is 4.98 Å². The van der Waals surface area contributed by atoms with Gasteiger partial charge in [-0.2, -0.15) is 0 Å². The summed E-state index contributed by atoms with van der Waals surface area (Å²) < 4.78 is 8.05. The quantitative estimate of drug-likeness (QED) is 0.276. The van der Waals surface area contributed by atoms with Crippen LogP contribution in [0.1, 0.15) is 23.7 Å². The minimum absolute atomic E-state index is 0.217. The van der Waals surface area contributed by atoms with Gasteiger partial charge in [0.25, 0.3) is 0 Å². The molecule has 0 N–H and O–H groups in total. The van der Waals surface area contributed by atoms with Gasteiger partial charge in [-0.25, -0.2) is 4.98 Å². The fraction of sp³-hybridized carbons (Fsp3) is 0.211. The van der Waals surface area contributed by atoms with Crippen molar-refractivity contribution in [2.24, 2.45) is 0 Å². The molecule has 4 nitrogen and oxygen atoms in total. The Labute approximate surface area is 168 Å². The molecular weight excluding hydrogens is 434 g/mol. The molecule has 0 amide bonds. The molecule has 0 bridgehead atoms. The van der Waals surface area contributed by atoms with Crippen molar-refractivity contribution in [3.63, 3.8) is 0 Å². The lowest BCUT2D eigenvalue weighted by molar-refractivity contribution is -0.141. The van der Waals surface area contributed by atoms with Crippen molar-refractivity contribution < 1.29 is 14.3 Å². The number of carbonyl (C=O) groups excluding carboxylic acids is 2. The molecule has 1 atom stereocenters. The molecule has 0 spiro atoms. The number of halogens is 1. The zero-order chi connectivity index (χ0) is 18.5. The second-order valence-corrected chi connectivity index (χ2v) is 8.90. The van der Waals surface area contributed by atoms with E-state index in [0.717, 1.165) is 19.0 Å². The summed E-state index contributed by atoms with van der Waals surface area (Å²) in [5.74, 6) is -0.604. The van der Waals surface area contributed by atoms with Gasteiger partial charge in [-0.05, 0) is 30.7 Å². The Balaban J connectivity index is 1.59. The summed E-state index contributed by atoms with van der Waals surface area (Å²) in [7, 11) is 0. The van der Waals surface area contributed by atoms with Crippen molar-refractivity contribution in [2.45, 2.75) is 22.9 Å². The van der Waals surface area contributed by atoms with Crippen molar-refractivity contribution in [1.29, 1.82) is 0 Å². The number of benzene rings is 2. The predicted octanol–water partition coefficient (Wildman–Crippen LogP) is 5.36. The highest BCUT2D eigenvalue weighted by Crippen LogP contribution is 2.33. The van der Waals surface area contributed by atoms with Gasteiger partial charge >= 0.3 is 5.97 Å². The van der Waals surface area contributed by atoms with Gasteiger partial charge in [0, 0.05) is 10.0 Å². The first-order valence-electron chi connectivity index (χ1n) is 8.04. The van der Waals surface area contributed by atoms with Gasteiger partial charge < -0.3 is 4.74 Å². The molecule has 26 heavy (non-hydrogen) atoms. The van der Waals surface area contributed by atoms with E-state index in [1.165, 1.54) is 11.8 Å². The highest BCUT2D eigenvalue weighted by molar-refractivity contribution is 9.10. The fourth-order valence-corrected chi connectivity index (χ4v) is 4.77. The van der Waals surface area contributed by atoms with Gasteiger partial charge in [-0.3, -0.25) is 9.59 Å². The van der Waals surface area contributed by atoms with Gasteiger partial charge in [0.05, 0.1) is 10.2 Å². The number of aromatic nitrogens is 1. The summed E-state index contributed by atoms with van der Waals surface area (Å²) in [6.07, 6.45) is 0.603. The third-order valence-electron chi connectivity index (χ3n) is 3.66. The van der Waals surface area contributed by atoms with Gasteiger partial charge in [-0.15, -0.1) is 11.3 Å². The molecule has 0 aliphatic heterocycles. The Hall–Kier alpha value is -1.70. The van der Waals surface area contributed by atoms with Crippen LogP contribution in [0.25, 0.3) is 10.2 Å². The zero-order valence-corrected chi connectivity index (χ0v) is 17.2. The molecule has 0 saturated carbocycles. The summed E-state index contributed by atoms with van der Waals surface area (Å²) in [4.78, 5) is 29.0. The lowest BCUT2D eigenvalue weighted by Crippen LogP contribution is -2.23. The third kappa shape index (κ3) is 4.72. The third-order valence-corrected chi connectivity index (χ3v) is 6.66. The molecule has 1 unspecified atom stereocenters. The standard InChI is InChI=1S/C19H16BrNO3S2/c1-2-16(25-19-21-14-5-3-4-6-17(14)26-19)18(23)24-11-15(22)12-7-9-13(20)10-8-12/h3-10,16H,2,11H2,1H3. The Bertz CT molecular complexity index is 891. The number of rotatable bonds is 7. The minimum atomic E-state index is -0.387. The number of hydrogen-bond donors (Lipinski definition) is 0. The van der Waals surface area contributed by atoms with Crippen LogP contribution in [0.3, 0.4) is 0 Å². The lowest BCUT2D eigenvalue weighted by Gasteiger charge is -2.12. The molecule has 0 aliphatic carbocycles. The van der Waals surface area contributed by atoms with E-state index in [0.29, 0.717) is 12.0 Å². The van der Waals surface area contributed by atoms with E-state index >= 15 is 0 Å². The van der Waals surface area contributed by atoms with Gasteiger partial charge in [0.2, 0.25) is 0 Å². The van der Waals surface area contributed by atoms with E-state index in [2.05, 4.69) is 20.9 Å². The zero-order valence-electron chi connectivity index (χ0n) is 14.0. The van der Waals surface area contributed by atoms with E-state index in [1.807, 2.05) is 31.2 Å². The van der Waals surface area contributed by atoms with Crippen LogP contribution >= 0.6 is 39.0 Å². The maximum absolute atomic E-state index is 12.4. The predicted molar refractivity (Wildman–Crippen MR) is 109 cm³/mol. The molecular formula is C19H16BrNO3S2. The van der Waals surface area contributed by atoms with Crippen molar-refractivity contribution in [2.75, 3.05) is 6.61 Å². The maximum atomic E-state index is 12.4. The first-order chi connectivity index (χ1) is 12.6. The largest absolute Gasteiger partial charge is 0.456 e. The van der Waals surface area contributed by atoms with Crippen molar-refractivity contribution in [3.8, 4) is 0 Å². The highest BCUT2D eigenvalue weighted by Gasteiger charge is 2.22. The van der Waals surface area contributed by atoms with Gasteiger partial charge in [-0.1, -0.05) is 58.9 Å². The Morgan fingerprint density at radius 3 is 2.62 bits per heavy atom. The molecule has 3 aromatic rings. The molecule has 7 heteroatoms. The molecule has 134 valence electrons. The number of thioether (sulfide) groups is 1. The second kappa shape index (κ2) is 8.79. The number of hydrogen-bond acceptors (Lipinski definition) is 6. The monoisotopic (exact) mass is 449 g/mol. The summed E-state index contributed by atoms with van der Waals surface area (Å²) in [5.41, 5.74) is 1.45. The number of para-hydroxylation sites is 1. The van der Waals surface area contributed by atoms with E-state index < -0.39 is 0 Å². The molecule has 1 heterocycles. The number of fused-ring (bicyclic) bond motifs is 1. The topological polar surface area (TPSA) is 56.3 Å². The van der Waals surface area contributed by atoms with E-state index in [-0.39, 0.29) is 23.6 Å². The summed E-state index contributed by atoms with van der Waals surface area (Å²) in [5, 5.41) is -0.381. The average molecular weight is 450 g/mol. The molecule has 0 radical (unpaired) electrons. The summed E-state index contributed by atoms with van der Waals surface area (Å²) in [6.45, 7) is 1.67. The van der Waals surface area contributed by atoms with Crippen molar-refractivity contribution >= 4 is 61.0 Å². The fourth-order valence-electron chi connectivity index (χ4n) is 2.27. The number of Topliss-reactive ketones (excluding diaryl/α,β-unsaturated/α-hetero) is 1. The minimum Gasteiger partial charge on any atom is -0.456 e. The van der Waals surface area contributed by atoms with Gasteiger partial charge in [0.1, 0.15) is 5.25 Å². The Morgan fingerprint density at radius 1 is 1.19 bits per heavy atom. The molecule has 0 fully saturated rings. The molecule has 0 aliphatic rings. The Morgan fingerprint density at radius 2 is 1.92 bits per heavy atom. The van der Waals surface area contributed by atoms with E-state index in [9.17, 15) is 9.59 Å². The number of esters is 1. The van der Waals surface area contributed by atoms with Crippen LogP contribution in [0.5, 0.6) is 0 Å². The van der Waals surface area contributed by atoms with Crippen LogP contribution in [0, 0.1) is 0 Å². The van der Waals surface area contributed by atoms with Gasteiger partial charge in [0.15, 0.2) is 16.7 Å². The van der Waals surface area contributed by atoms with Crippen LogP contribution in [0.15, 0.2) is 57.3 Å². The van der Waals surface area contributed by atoms with Crippen LogP contribution in [0.2, 0.25) is 0 Å². The molecule has 0 saturated heterocycles. The summed E-state index contributed by atoms with van der Waals surface area (Å²) >= 11 is 6.27.